The number of nitrogens with zero attached hydrogens (tertiary/aromatic N) is 2. The number of benzene rings is 1. The standard InChI is InChI=1S/C14H12N2/c15-10-14(13-7-4-8-16-11-13)9-12-5-2-1-3-6-12/h1-8,11,14H,9H2. The maximum Gasteiger partial charge on any atom is 0.0767 e. The highest BCUT2D eigenvalue weighted by Crippen LogP contribution is 2.18. The molecule has 2 rings (SSSR count). The van der Waals surface area contributed by atoms with Crippen molar-refractivity contribution in [2.75, 3.05) is 0 Å². The van der Waals surface area contributed by atoms with Crippen molar-refractivity contribution >= 4 is 0 Å². The SMILES string of the molecule is N#CC(Cc1ccccc1)c1cccnc1. The summed E-state index contributed by atoms with van der Waals surface area (Å²) < 4.78 is 0. The second-order valence-corrected chi connectivity index (χ2v) is 3.66. The van der Waals surface area contributed by atoms with Gasteiger partial charge >= 0.3 is 0 Å². The van der Waals surface area contributed by atoms with Crippen molar-refractivity contribution in [3.05, 3.63) is 66.0 Å². The Kier molecular flexibility index (Phi) is 3.30. The van der Waals surface area contributed by atoms with E-state index in [0.717, 1.165) is 12.0 Å². The maximum absolute atomic E-state index is 9.16. The first-order chi connectivity index (χ1) is 7.90. The minimum absolute atomic E-state index is 0.115. The van der Waals surface area contributed by atoms with Gasteiger partial charge in [0.15, 0.2) is 0 Å². The molecule has 0 aliphatic heterocycles. The summed E-state index contributed by atoms with van der Waals surface area (Å²) >= 11 is 0. The van der Waals surface area contributed by atoms with E-state index in [1.807, 2.05) is 42.5 Å². The molecule has 0 spiro atoms. The Labute approximate surface area is 95.2 Å². The normalized spacial score (nSPS) is 11.7. The van der Waals surface area contributed by atoms with Gasteiger partial charge in [-0.25, -0.2) is 0 Å². The summed E-state index contributed by atoms with van der Waals surface area (Å²) in [5.41, 5.74) is 2.16. The molecule has 78 valence electrons. The highest BCUT2D eigenvalue weighted by molar-refractivity contribution is 5.26. The molecule has 1 aromatic carbocycles. The van der Waals surface area contributed by atoms with Crippen LogP contribution in [0.2, 0.25) is 0 Å². The molecule has 0 aliphatic carbocycles. The van der Waals surface area contributed by atoms with Gasteiger partial charge < -0.3 is 0 Å². The monoisotopic (exact) mass is 208 g/mol. The fourth-order valence-electron chi connectivity index (χ4n) is 1.67. The fourth-order valence-corrected chi connectivity index (χ4v) is 1.67. The third-order valence-corrected chi connectivity index (χ3v) is 2.53. The summed E-state index contributed by atoms with van der Waals surface area (Å²) in [6.45, 7) is 0. The predicted molar refractivity (Wildman–Crippen MR) is 62.7 cm³/mol. The summed E-state index contributed by atoms with van der Waals surface area (Å²) in [7, 11) is 0. The number of hydrogen-bond donors (Lipinski definition) is 0. The van der Waals surface area contributed by atoms with Gasteiger partial charge in [0, 0.05) is 12.4 Å². The van der Waals surface area contributed by atoms with E-state index in [-0.39, 0.29) is 5.92 Å². The largest absolute Gasteiger partial charge is 0.264 e. The molecule has 2 nitrogen and oxygen atoms in total. The van der Waals surface area contributed by atoms with Crippen LogP contribution in [-0.4, -0.2) is 4.98 Å². The van der Waals surface area contributed by atoms with Gasteiger partial charge in [-0.15, -0.1) is 0 Å². The van der Waals surface area contributed by atoms with E-state index in [4.69, 9.17) is 5.26 Å². The van der Waals surface area contributed by atoms with Crippen LogP contribution in [0.15, 0.2) is 54.9 Å². The molecule has 0 saturated carbocycles. The first-order valence-corrected chi connectivity index (χ1v) is 5.23. The predicted octanol–water partition coefficient (Wildman–Crippen LogP) is 2.93. The Morgan fingerprint density at radius 2 is 1.94 bits per heavy atom. The van der Waals surface area contributed by atoms with Crippen LogP contribution in [0.1, 0.15) is 17.0 Å². The first kappa shape index (κ1) is 10.4. The Bertz CT molecular complexity index is 471. The van der Waals surface area contributed by atoms with Gasteiger partial charge in [0.05, 0.1) is 12.0 Å². The van der Waals surface area contributed by atoms with Gasteiger partial charge in [0.25, 0.3) is 0 Å². The van der Waals surface area contributed by atoms with E-state index in [1.165, 1.54) is 5.56 Å². The first-order valence-electron chi connectivity index (χ1n) is 5.23. The lowest BCUT2D eigenvalue weighted by atomic mass is 9.94. The van der Waals surface area contributed by atoms with E-state index in [0.29, 0.717) is 0 Å². The van der Waals surface area contributed by atoms with Gasteiger partial charge in [-0.2, -0.15) is 5.26 Å². The van der Waals surface area contributed by atoms with Crippen LogP contribution < -0.4 is 0 Å². The molecule has 1 atom stereocenters. The Hall–Kier alpha value is -2.14. The molecule has 0 saturated heterocycles. The molecule has 2 heteroatoms. The van der Waals surface area contributed by atoms with Crippen LogP contribution in [0, 0.1) is 11.3 Å². The van der Waals surface area contributed by atoms with Crippen molar-refractivity contribution < 1.29 is 0 Å². The topological polar surface area (TPSA) is 36.7 Å². The van der Waals surface area contributed by atoms with E-state index in [9.17, 15) is 0 Å². The lowest BCUT2D eigenvalue weighted by Crippen LogP contribution is -2.00. The highest BCUT2D eigenvalue weighted by atomic mass is 14.6. The van der Waals surface area contributed by atoms with E-state index in [2.05, 4.69) is 11.1 Å². The van der Waals surface area contributed by atoms with Crippen LogP contribution in [0.3, 0.4) is 0 Å². The Morgan fingerprint density at radius 1 is 1.12 bits per heavy atom. The van der Waals surface area contributed by atoms with Crippen molar-refractivity contribution in [3.63, 3.8) is 0 Å². The minimum atomic E-state index is -0.115. The van der Waals surface area contributed by atoms with Gasteiger partial charge in [-0.3, -0.25) is 4.98 Å². The number of pyridine rings is 1. The third-order valence-electron chi connectivity index (χ3n) is 2.53. The lowest BCUT2D eigenvalue weighted by molar-refractivity contribution is 0.842. The molecule has 0 aliphatic rings. The highest BCUT2D eigenvalue weighted by Gasteiger charge is 2.10. The smallest absolute Gasteiger partial charge is 0.0767 e. The molecule has 2 aromatic rings. The van der Waals surface area contributed by atoms with Crippen molar-refractivity contribution in [1.29, 1.82) is 5.26 Å². The fraction of sp³-hybridized carbons (Fsp3) is 0.143. The van der Waals surface area contributed by atoms with Crippen LogP contribution in [0.25, 0.3) is 0 Å². The molecule has 0 amide bonds. The molecule has 16 heavy (non-hydrogen) atoms. The maximum atomic E-state index is 9.16. The zero-order valence-corrected chi connectivity index (χ0v) is 8.88. The minimum Gasteiger partial charge on any atom is -0.264 e. The molecule has 1 aromatic heterocycles. The Morgan fingerprint density at radius 3 is 2.56 bits per heavy atom. The van der Waals surface area contributed by atoms with Gasteiger partial charge in [-0.1, -0.05) is 36.4 Å². The average Bonchev–Trinajstić information content (AvgIpc) is 2.38. The number of rotatable bonds is 3. The number of aromatic nitrogens is 1. The second kappa shape index (κ2) is 5.09. The molecule has 0 N–H and O–H groups in total. The number of nitriles is 1. The van der Waals surface area contributed by atoms with E-state index >= 15 is 0 Å². The van der Waals surface area contributed by atoms with Crippen molar-refractivity contribution in [3.8, 4) is 6.07 Å². The van der Waals surface area contributed by atoms with Gasteiger partial charge in [0.1, 0.15) is 0 Å². The van der Waals surface area contributed by atoms with Crippen molar-refractivity contribution in [1.82, 2.24) is 4.98 Å². The summed E-state index contributed by atoms with van der Waals surface area (Å²) in [6.07, 6.45) is 4.22. The zero-order chi connectivity index (χ0) is 11.2. The average molecular weight is 208 g/mol. The Balaban J connectivity index is 2.17. The molecule has 1 unspecified atom stereocenters. The summed E-state index contributed by atoms with van der Waals surface area (Å²) in [4.78, 5) is 4.04. The van der Waals surface area contributed by atoms with Gasteiger partial charge in [-0.05, 0) is 23.6 Å². The molecular formula is C14H12N2. The molecule has 0 bridgehead atoms. The molecule has 0 radical (unpaired) electrons. The summed E-state index contributed by atoms with van der Waals surface area (Å²) in [6, 6.07) is 16.2. The quantitative estimate of drug-likeness (QED) is 0.777. The second-order valence-electron chi connectivity index (χ2n) is 3.66. The third kappa shape index (κ3) is 2.46. The van der Waals surface area contributed by atoms with Crippen LogP contribution in [0.4, 0.5) is 0 Å². The zero-order valence-electron chi connectivity index (χ0n) is 8.88. The van der Waals surface area contributed by atoms with Crippen LogP contribution >= 0.6 is 0 Å². The molecule has 1 heterocycles. The summed E-state index contributed by atoms with van der Waals surface area (Å²) in [5, 5.41) is 9.16. The number of hydrogen-bond acceptors (Lipinski definition) is 2. The van der Waals surface area contributed by atoms with Crippen LogP contribution in [0.5, 0.6) is 0 Å². The van der Waals surface area contributed by atoms with Gasteiger partial charge in [0.2, 0.25) is 0 Å². The van der Waals surface area contributed by atoms with E-state index < -0.39 is 0 Å². The summed E-state index contributed by atoms with van der Waals surface area (Å²) in [5.74, 6) is -0.115. The molecular weight excluding hydrogens is 196 g/mol. The van der Waals surface area contributed by atoms with E-state index in [1.54, 1.807) is 12.4 Å². The molecule has 0 fully saturated rings. The van der Waals surface area contributed by atoms with Crippen molar-refractivity contribution in [2.45, 2.75) is 12.3 Å². The van der Waals surface area contributed by atoms with Crippen molar-refractivity contribution in [2.24, 2.45) is 0 Å². The lowest BCUT2D eigenvalue weighted by Gasteiger charge is -2.08. The van der Waals surface area contributed by atoms with Crippen LogP contribution in [-0.2, 0) is 6.42 Å².